The molecule has 0 radical (unpaired) electrons. The van der Waals surface area contributed by atoms with Crippen LogP contribution in [0.1, 0.15) is 24.3 Å². The highest BCUT2D eigenvalue weighted by molar-refractivity contribution is 5.96. The van der Waals surface area contributed by atoms with Crippen molar-refractivity contribution in [3.63, 3.8) is 0 Å². The van der Waals surface area contributed by atoms with Crippen molar-refractivity contribution in [1.82, 2.24) is 15.0 Å². The van der Waals surface area contributed by atoms with Gasteiger partial charge >= 0.3 is 0 Å². The smallest absolute Gasteiger partial charge is 0.243 e. The molecule has 1 atom stereocenters. The van der Waals surface area contributed by atoms with Crippen LogP contribution in [0.15, 0.2) is 90.3 Å². The van der Waals surface area contributed by atoms with Gasteiger partial charge in [0.25, 0.3) is 0 Å². The summed E-state index contributed by atoms with van der Waals surface area (Å²) in [5.41, 5.74) is 4.18. The van der Waals surface area contributed by atoms with Gasteiger partial charge in [0.05, 0.1) is 16.8 Å². The van der Waals surface area contributed by atoms with Crippen LogP contribution in [0.3, 0.4) is 0 Å². The van der Waals surface area contributed by atoms with Crippen molar-refractivity contribution in [3.05, 3.63) is 96.3 Å². The number of rotatable bonds is 3. The second-order valence-corrected chi connectivity index (χ2v) is 6.96. The van der Waals surface area contributed by atoms with Gasteiger partial charge in [-0.15, -0.1) is 5.10 Å². The van der Waals surface area contributed by atoms with Crippen LogP contribution < -0.4 is 0 Å². The summed E-state index contributed by atoms with van der Waals surface area (Å²) < 4.78 is 6.19. The number of hydrazone groups is 1. The molecule has 2 aromatic heterocycles. The lowest BCUT2D eigenvalue weighted by Crippen LogP contribution is -2.25. The topological polar surface area (TPSA) is 67.7 Å². The minimum Gasteiger partial charge on any atom is -0.446 e. The summed E-state index contributed by atoms with van der Waals surface area (Å²) in [5, 5.41) is 6.73. The average molecular weight is 394 g/mol. The van der Waals surface area contributed by atoms with Gasteiger partial charge in [0.15, 0.2) is 0 Å². The molecule has 6 heteroatoms. The maximum atomic E-state index is 12.4. The van der Waals surface area contributed by atoms with E-state index in [1.807, 2.05) is 72.8 Å². The number of ether oxygens (including phenoxy) is 1. The molecule has 0 fully saturated rings. The summed E-state index contributed by atoms with van der Waals surface area (Å²) in [5.74, 6) is 0.159. The average Bonchev–Trinajstić information content (AvgIpc) is 3.25. The Labute approximate surface area is 173 Å². The van der Waals surface area contributed by atoms with Crippen LogP contribution in [-0.2, 0) is 9.53 Å². The van der Waals surface area contributed by atoms with E-state index in [9.17, 15) is 4.79 Å². The van der Waals surface area contributed by atoms with Gasteiger partial charge in [-0.2, -0.15) is 5.01 Å². The van der Waals surface area contributed by atoms with Crippen molar-refractivity contribution >= 4 is 22.7 Å². The Morgan fingerprint density at radius 1 is 0.967 bits per heavy atom. The molecule has 0 N–H and O–H groups in total. The highest BCUT2D eigenvalue weighted by Crippen LogP contribution is 2.36. The molecule has 1 amide bonds. The number of carbonyl (C=O) groups excluding carboxylic acids is 1. The molecular weight excluding hydrogens is 376 g/mol. The fourth-order valence-corrected chi connectivity index (χ4v) is 3.54. The minimum atomic E-state index is -0.687. The molecule has 4 aromatic rings. The third-order valence-electron chi connectivity index (χ3n) is 4.96. The van der Waals surface area contributed by atoms with Crippen LogP contribution in [0, 0.1) is 0 Å². The standard InChI is InChI=1S/C24H18N4O2/c1-16(29)28-24(30-23(27-28)18-10-7-13-25-15-18)20-14-22(17-8-3-2-4-9-17)26-21-12-6-5-11-19(20)21/h2-15,24H,1H3/t24-/m1/s1. The molecule has 0 saturated carbocycles. The van der Waals surface area contributed by atoms with Crippen molar-refractivity contribution in [2.24, 2.45) is 5.10 Å². The molecule has 5 rings (SSSR count). The number of pyridine rings is 2. The lowest BCUT2D eigenvalue weighted by atomic mass is 10.0. The molecular formula is C24H18N4O2. The maximum Gasteiger partial charge on any atom is 0.243 e. The van der Waals surface area contributed by atoms with Crippen molar-refractivity contribution in [3.8, 4) is 11.3 Å². The highest BCUT2D eigenvalue weighted by Gasteiger charge is 2.34. The molecule has 0 unspecified atom stereocenters. The maximum absolute atomic E-state index is 12.4. The summed E-state index contributed by atoms with van der Waals surface area (Å²) in [7, 11) is 0. The zero-order valence-electron chi connectivity index (χ0n) is 16.3. The Bertz CT molecular complexity index is 1260. The van der Waals surface area contributed by atoms with Gasteiger partial charge in [-0.05, 0) is 24.3 Å². The van der Waals surface area contributed by atoms with Gasteiger partial charge in [-0.3, -0.25) is 9.78 Å². The third-order valence-corrected chi connectivity index (χ3v) is 4.96. The van der Waals surface area contributed by atoms with Gasteiger partial charge in [0.2, 0.25) is 18.0 Å². The number of benzene rings is 2. The molecule has 0 bridgehead atoms. The Hall–Kier alpha value is -4.06. The van der Waals surface area contributed by atoms with Crippen molar-refractivity contribution < 1.29 is 9.53 Å². The fourth-order valence-electron chi connectivity index (χ4n) is 3.54. The van der Waals surface area contributed by atoms with E-state index < -0.39 is 6.23 Å². The molecule has 3 heterocycles. The molecule has 6 nitrogen and oxygen atoms in total. The normalized spacial score (nSPS) is 15.7. The lowest BCUT2D eigenvalue weighted by Gasteiger charge is -2.21. The molecule has 146 valence electrons. The lowest BCUT2D eigenvalue weighted by molar-refractivity contribution is -0.135. The fraction of sp³-hybridized carbons (Fsp3) is 0.0833. The van der Waals surface area contributed by atoms with E-state index in [4.69, 9.17) is 9.72 Å². The summed E-state index contributed by atoms with van der Waals surface area (Å²) in [6.45, 7) is 1.48. The van der Waals surface area contributed by atoms with E-state index in [2.05, 4.69) is 10.1 Å². The van der Waals surface area contributed by atoms with Gasteiger partial charge < -0.3 is 4.74 Å². The first-order valence-electron chi connectivity index (χ1n) is 9.61. The zero-order valence-corrected chi connectivity index (χ0v) is 16.3. The predicted molar refractivity (Wildman–Crippen MR) is 114 cm³/mol. The molecule has 1 aliphatic heterocycles. The second-order valence-electron chi connectivity index (χ2n) is 6.96. The number of hydrogen-bond donors (Lipinski definition) is 0. The Morgan fingerprint density at radius 3 is 2.50 bits per heavy atom. The van der Waals surface area contributed by atoms with Gasteiger partial charge in [-0.25, -0.2) is 4.98 Å². The monoisotopic (exact) mass is 394 g/mol. The molecule has 0 aliphatic carbocycles. The van der Waals surface area contributed by atoms with E-state index in [0.717, 1.165) is 27.7 Å². The predicted octanol–water partition coefficient (Wildman–Crippen LogP) is 4.54. The van der Waals surface area contributed by atoms with Crippen molar-refractivity contribution in [2.45, 2.75) is 13.2 Å². The number of carbonyl (C=O) groups is 1. The van der Waals surface area contributed by atoms with E-state index in [0.29, 0.717) is 11.5 Å². The molecule has 1 aliphatic rings. The largest absolute Gasteiger partial charge is 0.446 e. The first-order valence-corrected chi connectivity index (χ1v) is 9.61. The number of nitrogens with zero attached hydrogens (tertiary/aromatic N) is 4. The number of fused-ring (bicyclic) bond motifs is 1. The molecule has 0 spiro atoms. The number of amides is 1. The van der Waals surface area contributed by atoms with E-state index >= 15 is 0 Å². The Balaban J connectivity index is 1.65. The van der Waals surface area contributed by atoms with Gasteiger partial charge in [-0.1, -0.05) is 48.5 Å². The minimum absolute atomic E-state index is 0.207. The third kappa shape index (κ3) is 3.18. The van der Waals surface area contributed by atoms with Crippen LogP contribution in [0.4, 0.5) is 0 Å². The quantitative estimate of drug-likeness (QED) is 0.512. The SMILES string of the molecule is CC(=O)N1N=C(c2cccnc2)O[C@@H]1c1cc(-c2ccccc2)nc2ccccc12. The van der Waals surface area contributed by atoms with E-state index in [-0.39, 0.29) is 5.91 Å². The summed E-state index contributed by atoms with van der Waals surface area (Å²) in [4.78, 5) is 21.3. The van der Waals surface area contributed by atoms with Crippen LogP contribution in [0.5, 0.6) is 0 Å². The number of hydrogen-bond acceptors (Lipinski definition) is 5. The summed E-state index contributed by atoms with van der Waals surface area (Å²) >= 11 is 0. The van der Waals surface area contributed by atoms with Crippen molar-refractivity contribution in [2.75, 3.05) is 0 Å². The Morgan fingerprint density at radius 2 is 1.73 bits per heavy atom. The number of aromatic nitrogens is 2. The second kappa shape index (κ2) is 7.40. The van der Waals surface area contributed by atoms with Crippen LogP contribution >= 0.6 is 0 Å². The summed E-state index contributed by atoms with van der Waals surface area (Å²) in [6, 6.07) is 23.4. The van der Waals surface area contributed by atoms with Gasteiger partial charge in [0.1, 0.15) is 0 Å². The zero-order chi connectivity index (χ0) is 20.5. The molecule has 30 heavy (non-hydrogen) atoms. The van der Waals surface area contributed by atoms with Crippen LogP contribution in [0.25, 0.3) is 22.2 Å². The van der Waals surface area contributed by atoms with Crippen molar-refractivity contribution in [1.29, 1.82) is 0 Å². The van der Waals surface area contributed by atoms with E-state index in [1.165, 1.54) is 11.9 Å². The van der Waals surface area contributed by atoms with Crippen LogP contribution in [-0.4, -0.2) is 26.8 Å². The molecule has 2 aromatic carbocycles. The van der Waals surface area contributed by atoms with E-state index in [1.54, 1.807) is 12.4 Å². The van der Waals surface area contributed by atoms with Crippen LogP contribution in [0.2, 0.25) is 0 Å². The van der Waals surface area contributed by atoms with Gasteiger partial charge in [0, 0.05) is 35.8 Å². The first kappa shape index (κ1) is 18.0. The Kier molecular flexibility index (Phi) is 4.44. The number of para-hydroxylation sites is 1. The highest BCUT2D eigenvalue weighted by atomic mass is 16.5. The first-order chi connectivity index (χ1) is 14.7. The summed E-state index contributed by atoms with van der Waals surface area (Å²) in [6.07, 6.45) is 2.66. The molecule has 0 saturated heterocycles.